The van der Waals surface area contributed by atoms with Crippen molar-refractivity contribution in [3.05, 3.63) is 35.9 Å². The van der Waals surface area contributed by atoms with Gasteiger partial charge in [0.15, 0.2) is 0 Å². The predicted octanol–water partition coefficient (Wildman–Crippen LogP) is 3.30. The highest BCUT2D eigenvalue weighted by Crippen LogP contribution is 2.10. The molecule has 3 heteroatoms. The van der Waals surface area contributed by atoms with Crippen LogP contribution in [0.4, 0.5) is 0 Å². The molecule has 0 saturated carbocycles. The Labute approximate surface area is 107 Å². The van der Waals surface area contributed by atoms with E-state index in [1.165, 1.54) is 5.56 Å². The van der Waals surface area contributed by atoms with Crippen LogP contribution in [0.1, 0.15) is 33.3 Å². The molecule has 0 amide bonds. The third-order valence-electron chi connectivity index (χ3n) is 2.36. The molecule has 0 atom stereocenters. The van der Waals surface area contributed by atoms with Gasteiger partial charge in [0.05, 0.1) is 0 Å². The van der Waals surface area contributed by atoms with Crippen LogP contribution in [0, 0.1) is 0 Å². The average Bonchev–Trinajstić information content (AvgIpc) is 2.26. The van der Waals surface area contributed by atoms with E-state index in [9.17, 15) is 0 Å². The van der Waals surface area contributed by atoms with Crippen molar-refractivity contribution in [3.8, 4) is 0 Å². The topological polar surface area (TPSA) is 18.5 Å². The molecule has 0 aliphatic heterocycles. The van der Waals surface area contributed by atoms with Crippen molar-refractivity contribution in [2.75, 3.05) is 0 Å². The lowest BCUT2D eigenvalue weighted by molar-refractivity contribution is 0.130. The van der Waals surface area contributed by atoms with Gasteiger partial charge < -0.3 is 8.85 Å². The summed E-state index contributed by atoms with van der Waals surface area (Å²) in [5.41, 5.74) is 1.37. The Morgan fingerprint density at radius 1 is 0.941 bits per heavy atom. The van der Waals surface area contributed by atoms with Crippen LogP contribution in [-0.4, -0.2) is 21.5 Å². The SMILES string of the molecule is CC(C)O[SiH](CCc1ccccc1)OC(C)C. The minimum absolute atomic E-state index is 0.265. The summed E-state index contributed by atoms with van der Waals surface area (Å²) in [6, 6.07) is 11.6. The molecule has 0 radical (unpaired) electrons. The molecule has 0 N–H and O–H groups in total. The summed E-state index contributed by atoms with van der Waals surface area (Å²) in [7, 11) is -1.52. The maximum Gasteiger partial charge on any atom is 0.322 e. The van der Waals surface area contributed by atoms with Crippen LogP contribution in [-0.2, 0) is 15.3 Å². The van der Waals surface area contributed by atoms with Gasteiger partial charge in [-0.05, 0) is 45.7 Å². The van der Waals surface area contributed by atoms with Gasteiger partial charge in [0.2, 0.25) is 0 Å². The summed E-state index contributed by atoms with van der Waals surface area (Å²) >= 11 is 0. The number of hydrogen-bond donors (Lipinski definition) is 0. The van der Waals surface area contributed by atoms with E-state index in [-0.39, 0.29) is 12.2 Å². The van der Waals surface area contributed by atoms with Crippen molar-refractivity contribution in [1.82, 2.24) is 0 Å². The van der Waals surface area contributed by atoms with Crippen LogP contribution < -0.4 is 0 Å². The molecule has 0 unspecified atom stereocenters. The quantitative estimate of drug-likeness (QED) is 0.693. The number of rotatable bonds is 7. The van der Waals surface area contributed by atoms with Gasteiger partial charge in [0.25, 0.3) is 0 Å². The lowest BCUT2D eigenvalue weighted by Crippen LogP contribution is -2.29. The lowest BCUT2D eigenvalue weighted by Gasteiger charge is -2.21. The largest absolute Gasteiger partial charge is 0.394 e. The van der Waals surface area contributed by atoms with E-state index in [0.717, 1.165) is 12.5 Å². The molecular formula is C14H24O2Si. The van der Waals surface area contributed by atoms with E-state index in [1.54, 1.807) is 0 Å². The van der Waals surface area contributed by atoms with Crippen LogP contribution >= 0.6 is 0 Å². The minimum Gasteiger partial charge on any atom is -0.394 e. The Bertz CT molecular complexity index is 288. The summed E-state index contributed by atoms with van der Waals surface area (Å²) in [4.78, 5) is 0. The van der Waals surface area contributed by atoms with Gasteiger partial charge in [0, 0.05) is 12.2 Å². The molecular weight excluding hydrogens is 228 g/mol. The first-order valence-electron chi connectivity index (χ1n) is 6.42. The van der Waals surface area contributed by atoms with Crippen LogP contribution in [0.3, 0.4) is 0 Å². The van der Waals surface area contributed by atoms with Gasteiger partial charge in [-0.2, -0.15) is 0 Å². The van der Waals surface area contributed by atoms with Crippen molar-refractivity contribution >= 4 is 9.28 Å². The third-order valence-corrected chi connectivity index (χ3v) is 4.82. The predicted molar refractivity (Wildman–Crippen MR) is 74.5 cm³/mol. The molecule has 1 aromatic rings. The molecule has 17 heavy (non-hydrogen) atoms. The summed E-state index contributed by atoms with van der Waals surface area (Å²) in [6.45, 7) is 8.30. The highest BCUT2D eigenvalue weighted by atomic mass is 28.3. The highest BCUT2D eigenvalue weighted by Gasteiger charge is 2.16. The summed E-state index contributed by atoms with van der Waals surface area (Å²) in [6.07, 6.45) is 1.58. The minimum atomic E-state index is -1.52. The first kappa shape index (κ1) is 14.4. The Balaban J connectivity index is 2.43. The van der Waals surface area contributed by atoms with Gasteiger partial charge in [-0.25, -0.2) is 0 Å². The van der Waals surface area contributed by atoms with Crippen molar-refractivity contribution < 1.29 is 8.85 Å². The number of aryl methyl sites for hydroxylation is 1. The van der Waals surface area contributed by atoms with Crippen molar-refractivity contribution in [3.63, 3.8) is 0 Å². The van der Waals surface area contributed by atoms with E-state index in [1.807, 2.05) is 6.07 Å². The average molecular weight is 252 g/mol. The van der Waals surface area contributed by atoms with Crippen LogP contribution in [0.2, 0.25) is 6.04 Å². The fourth-order valence-electron chi connectivity index (χ4n) is 1.70. The Hall–Kier alpha value is -0.643. The summed E-state index contributed by atoms with van der Waals surface area (Å²) < 4.78 is 11.8. The van der Waals surface area contributed by atoms with Gasteiger partial charge >= 0.3 is 9.28 Å². The molecule has 2 nitrogen and oxygen atoms in total. The fraction of sp³-hybridized carbons (Fsp3) is 0.571. The third kappa shape index (κ3) is 6.61. The van der Waals surface area contributed by atoms with E-state index < -0.39 is 9.28 Å². The van der Waals surface area contributed by atoms with Crippen LogP contribution in [0.15, 0.2) is 30.3 Å². The number of benzene rings is 1. The molecule has 1 aromatic carbocycles. The van der Waals surface area contributed by atoms with Gasteiger partial charge in [-0.3, -0.25) is 0 Å². The number of hydrogen-bond acceptors (Lipinski definition) is 2. The van der Waals surface area contributed by atoms with Crippen molar-refractivity contribution in [2.24, 2.45) is 0 Å². The van der Waals surface area contributed by atoms with Crippen molar-refractivity contribution in [1.29, 1.82) is 0 Å². The second-order valence-electron chi connectivity index (χ2n) is 4.82. The zero-order valence-electron chi connectivity index (χ0n) is 11.3. The molecule has 0 saturated heterocycles. The standard InChI is InChI=1S/C14H24O2Si/c1-12(2)15-17(16-13(3)4)11-10-14-8-6-5-7-9-14/h5-9,12-13,17H,10-11H2,1-4H3. The molecule has 0 aliphatic carbocycles. The second-order valence-corrected chi connectivity index (χ2v) is 6.80. The first-order valence-corrected chi connectivity index (χ1v) is 8.18. The van der Waals surface area contributed by atoms with Crippen LogP contribution in [0.25, 0.3) is 0 Å². The van der Waals surface area contributed by atoms with Crippen molar-refractivity contribution in [2.45, 2.75) is 52.4 Å². The van der Waals surface area contributed by atoms with Gasteiger partial charge in [-0.15, -0.1) is 0 Å². The highest BCUT2D eigenvalue weighted by molar-refractivity contribution is 6.44. The monoisotopic (exact) mass is 252 g/mol. The van der Waals surface area contributed by atoms with Gasteiger partial charge in [0.1, 0.15) is 0 Å². The molecule has 0 aliphatic rings. The first-order chi connectivity index (χ1) is 8.08. The summed E-state index contributed by atoms with van der Waals surface area (Å²) in [5, 5.41) is 0. The van der Waals surface area contributed by atoms with E-state index in [2.05, 4.69) is 52.0 Å². The molecule has 0 fully saturated rings. The fourth-order valence-corrected chi connectivity index (χ4v) is 3.82. The zero-order chi connectivity index (χ0) is 12.7. The Morgan fingerprint density at radius 2 is 1.47 bits per heavy atom. The second kappa shape index (κ2) is 7.64. The van der Waals surface area contributed by atoms with E-state index in [0.29, 0.717) is 0 Å². The summed E-state index contributed by atoms with van der Waals surface area (Å²) in [5.74, 6) is 0. The molecule has 1 rings (SSSR count). The maximum absolute atomic E-state index is 5.90. The molecule has 0 heterocycles. The molecule has 0 aromatic heterocycles. The smallest absolute Gasteiger partial charge is 0.322 e. The Morgan fingerprint density at radius 3 is 1.94 bits per heavy atom. The molecule has 0 spiro atoms. The molecule has 96 valence electrons. The zero-order valence-corrected chi connectivity index (χ0v) is 12.5. The normalized spacial score (nSPS) is 11.7. The lowest BCUT2D eigenvalue weighted by atomic mass is 10.2. The van der Waals surface area contributed by atoms with Gasteiger partial charge in [-0.1, -0.05) is 30.3 Å². The van der Waals surface area contributed by atoms with E-state index >= 15 is 0 Å². The van der Waals surface area contributed by atoms with Crippen LogP contribution in [0.5, 0.6) is 0 Å². The maximum atomic E-state index is 5.90. The molecule has 0 bridgehead atoms. The van der Waals surface area contributed by atoms with E-state index in [4.69, 9.17) is 8.85 Å². The Kier molecular flexibility index (Phi) is 6.48.